The molecule has 0 aliphatic carbocycles. The molecule has 4 N–H and O–H groups in total. The molecule has 0 saturated carbocycles. The molecular formula is C10H10F2N2O4. The van der Waals surface area contributed by atoms with Crippen molar-refractivity contribution in [1.29, 1.82) is 0 Å². The zero-order valence-corrected chi connectivity index (χ0v) is 8.98. The zero-order chi connectivity index (χ0) is 13.7. The molecule has 0 saturated heterocycles. The number of carbonyl (C=O) groups is 2. The molecule has 0 radical (unpaired) electrons. The van der Waals surface area contributed by atoms with Crippen molar-refractivity contribution in [3.8, 4) is 0 Å². The SMILES string of the molecule is O=C(NCC(O)C(=O)O)Nc1ccc(F)cc1F. The number of urea groups is 1. The van der Waals surface area contributed by atoms with Crippen LogP contribution >= 0.6 is 0 Å². The van der Waals surface area contributed by atoms with Gasteiger partial charge in [-0.1, -0.05) is 0 Å². The lowest BCUT2D eigenvalue weighted by molar-refractivity contribution is -0.146. The number of carbonyl (C=O) groups excluding carboxylic acids is 1. The molecule has 0 bridgehead atoms. The number of hydrogen-bond acceptors (Lipinski definition) is 3. The van der Waals surface area contributed by atoms with Crippen molar-refractivity contribution in [3.63, 3.8) is 0 Å². The molecule has 1 rings (SSSR count). The highest BCUT2D eigenvalue weighted by molar-refractivity contribution is 5.89. The van der Waals surface area contributed by atoms with Gasteiger partial charge in [0.1, 0.15) is 11.6 Å². The highest BCUT2D eigenvalue weighted by Crippen LogP contribution is 2.14. The maximum Gasteiger partial charge on any atom is 0.334 e. The Morgan fingerprint density at radius 2 is 2.00 bits per heavy atom. The maximum atomic E-state index is 13.1. The largest absolute Gasteiger partial charge is 0.479 e. The van der Waals surface area contributed by atoms with Gasteiger partial charge in [0.25, 0.3) is 0 Å². The summed E-state index contributed by atoms with van der Waals surface area (Å²) in [5.74, 6) is -3.26. The lowest BCUT2D eigenvalue weighted by atomic mass is 10.3. The molecule has 1 aromatic rings. The van der Waals surface area contributed by atoms with Gasteiger partial charge in [-0.2, -0.15) is 0 Å². The molecule has 0 aromatic heterocycles. The summed E-state index contributed by atoms with van der Waals surface area (Å²) in [6.45, 7) is -0.538. The Balaban J connectivity index is 2.52. The summed E-state index contributed by atoms with van der Waals surface area (Å²) in [7, 11) is 0. The second kappa shape index (κ2) is 5.92. The number of aliphatic carboxylic acids is 1. The quantitative estimate of drug-likeness (QED) is 0.634. The van der Waals surface area contributed by atoms with Crippen molar-refractivity contribution < 1.29 is 28.6 Å². The van der Waals surface area contributed by atoms with Crippen LogP contribution in [0.15, 0.2) is 18.2 Å². The van der Waals surface area contributed by atoms with Crippen molar-refractivity contribution in [2.45, 2.75) is 6.10 Å². The second-order valence-corrected chi connectivity index (χ2v) is 3.31. The zero-order valence-electron chi connectivity index (χ0n) is 8.98. The number of benzene rings is 1. The minimum atomic E-state index is -1.76. The molecule has 1 unspecified atom stereocenters. The van der Waals surface area contributed by atoms with E-state index in [1.165, 1.54) is 0 Å². The standard InChI is InChI=1S/C10H10F2N2O4/c11-5-1-2-7(6(12)3-5)14-10(18)13-4-8(15)9(16)17/h1-3,8,15H,4H2,(H,16,17)(H2,13,14,18). The third-order valence-corrected chi connectivity index (χ3v) is 1.92. The molecule has 8 heteroatoms. The Morgan fingerprint density at radius 1 is 1.33 bits per heavy atom. The molecule has 98 valence electrons. The monoisotopic (exact) mass is 260 g/mol. The summed E-state index contributed by atoms with van der Waals surface area (Å²) in [6, 6.07) is 1.63. The van der Waals surface area contributed by atoms with E-state index in [4.69, 9.17) is 10.2 Å². The van der Waals surface area contributed by atoms with Gasteiger partial charge in [-0.15, -0.1) is 0 Å². The van der Waals surface area contributed by atoms with Gasteiger partial charge in [0, 0.05) is 6.07 Å². The highest BCUT2D eigenvalue weighted by Gasteiger charge is 2.14. The van der Waals surface area contributed by atoms with Crippen LogP contribution in [0.3, 0.4) is 0 Å². The van der Waals surface area contributed by atoms with Crippen LogP contribution in [0.25, 0.3) is 0 Å². The third-order valence-electron chi connectivity index (χ3n) is 1.92. The van der Waals surface area contributed by atoms with Gasteiger partial charge >= 0.3 is 12.0 Å². The molecule has 18 heavy (non-hydrogen) atoms. The predicted molar refractivity (Wildman–Crippen MR) is 57.0 cm³/mol. The van der Waals surface area contributed by atoms with Crippen LogP contribution in [0.5, 0.6) is 0 Å². The predicted octanol–water partition coefficient (Wildman–Crippen LogP) is 0.532. The molecule has 6 nitrogen and oxygen atoms in total. The normalized spacial score (nSPS) is 11.7. The minimum Gasteiger partial charge on any atom is -0.479 e. The molecule has 0 spiro atoms. The van der Waals surface area contributed by atoms with Gasteiger partial charge in [-0.25, -0.2) is 18.4 Å². The van der Waals surface area contributed by atoms with E-state index in [1.807, 2.05) is 10.6 Å². The topological polar surface area (TPSA) is 98.7 Å². The van der Waals surface area contributed by atoms with Gasteiger partial charge in [-0.05, 0) is 12.1 Å². The van der Waals surface area contributed by atoms with E-state index in [0.29, 0.717) is 6.07 Å². The third kappa shape index (κ3) is 3.98. The molecule has 0 heterocycles. The van der Waals surface area contributed by atoms with E-state index < -0.39 is 36.3 Å². The Hall–Kier alpha value is -2.22. The first-order chi connectivity index (χ1) is 8.40. The Morgan fingerprint density at radius 3 is 2.56 bits per heavy atom. The van der Waals surface area contributed by atoms with Crippen LogP contribution in [-0.4, -0.2) is 34.9 Å². The fourth-order valence-corrected chi connectivity index (χ4v) is 1.03. The average Bonchev–Trinajstić information content (AvgIpc) is 2.29. The Kier molecular flexibility index (Phi) is 4.55. The van der Waals surface area contributed by atoms with E-state index in [9.17, 15) is 18.4 Å². The summed E-state index contributed by atoms with van der Waals surface area (Å²) in [4.78, 5) is 21.4. The number of nitrogens with one attached hydrogen (secondary N) is 2. The van der Waals surface area contributed by atoms with Gasteiger partial charge in [0.05, 0.1) is 12.2 Å². The number of carboxylic acid groups (broad SMARTS) is 1. The number of amides is 2. The van der Waals surface area contributed by atoms with Crippen molar-refractivity contribution in [2.75, 3.05) is 11.9 Å². The number of aliphatic hydroxyl groups excluding tert-OH is 1. The number of carboxylic acids is 1. The summed E-state index contributed by atoms with van der Waals surface area (Å²) in [5, 5.41) is 21.3. The summed E-state index contributed by atoms with van der Waals surface area (Å²) in [5.41, 5.74) is -0.265. The smallest absolute Gasteiger partial charge is 0.334 e. The average molecular weight is 260 g/mol. The van der Waals surface area contributed by atoms with E-state index in [-0.39, 0.29) is 5.69 Å². The molecule has 1 atom stereocenters. The molecule has 1 aromatic carbocycles. The van der Waals surface area contributed by atoms with E-state index in [2.05, 4.69) is 0 Å². The molecule has 0 fully saturated rings. The molecule has 2 amide bonds. The summed E-state index contributed by atoms with van der Waals surface area (Å²) >= 11 is 0. The van der Waals surface area contributed by atoms with Gasteiger partial charge in [-0.3, -0.25) is 0 Å². The summed E-state index contributed by atoms with van der Waals surface area (Å²) < 4.78 is 25.7. The van der Waals surface area contributed by atoms with Crippen molar-refractivity contribution in [2.24, 2.45) is 0 Å². The fraction of sp³-hybridized carbons (Fsp3) is 0.200. The lowest BCUT2D eigenvalue weighted by Crippen LogP contribution is -2.38. The fourth-order valence-electron chi connectivity index (χ4n) is 1.03. The first kappa shape index (κ1) is 13.8. The number of hydrogen-bond donors (Lipinski definition) is 4. The maximum absolute atomic E-state index is 13.1. The van der Waals surface area contributed by atoms with E-state index in [0.717, 1.165) is 12.1 Å². The number of anilines is 1. The van der Waals surface area contributed by atoms with Crippen molar-refractivity contribution >= 4 is 17.7 Å². The number of halogens is 2. The van der Waals surface area contributed by atoms with Gasteiger partial charge in [0.2, 0.25) is 0 Å². The number of rotatable bonds is 4. The highest BCUT2D eigenvalue weighted by atomic mass is 19.1. The summed E-state index contributed by atoms with van der Waals surface area (Å²) in [6.07, 6.45) is -1.76. The Bertz CT molecular complexity index is 467. The second-order valence-electron chi connectivity index (χ2n) is 3.31. The van der Waals surface area contributed by atoms with Crippen molar-refractivity contribution in [3.05, 3.63) is 29.8 Å². The van der Waals surface area contributed by atoms with Crippen LogP contribution in [0.4, 0.5) is 19.3 Å². The molecular weight excluding hydrogens is 250 g/mol. The van der Waals surface area contributed by atoms with Crippen LogP contribution in [0.2, 0.25) is 0 Å². The first-order valence-electron chi connectivity index (χ1n) is 4.81. The van der Waals surface area contributed by atoms with Crippen LogP contribution in [0, 0.1) is 11.6 Å². The van der Waals surface area contributed by atoms with Crippen LogP contribution in [-0.2, 0) is 4.79 Å². The molecule has 0 aliphatic rings. The van der Waals surface area contributed by atoms with Crippen LogP contribution in [0.1, 0.15) is 0 Å². The Labute approximate surface area is 100 Å². The van der Waals surface area contributed by atoms with E-state index in [1.54, 1.807) is 0 Å². The van der Waals surface area contributed by atoms with Gasteiger partial charge < -0.3 is 20.8 Å². The van der Waals surface area contributed by atoms with Gasteiger partial charge in [0.15, 0.2) is 6.10 Å². The van der Waals surface area contributed by atoms with Crippen molar-refractivity contribution in [1.82, 2.24) is 5.32 Å². The van der Waals surface area contributed by atoms with E-state index >= 15 is 0 Å². The van der Waals surface area contributed by atoms with Crippen LogP contribution < -0.4 is 10.6 Å². The lowest BCUT2D eigenvalue weighted by Gasteiger charge is -2.09. The minimum absolute atomic E-state index is 0.265. The molecule has 0 aliphatic heterocycles. The number of aliphatic hydroxyl groups is 1. The first-order valence-corrected chi connectivity index (χ1v) is 4.81.